The molecule has 0 spiro atoms. The summed E-state index contributed by atoms with van der Waals surface area (Å²) < 4.78 is 9.02. The SMILES string of the molecule is CCn1nccc1CCSc1nncn1-c1ccc(OC)nc1. The molecule has 0 aliphatic rings. The van der Waals surface area contributed by atoms with Gasteiger partial charge in [-0.1, -0.05) is 11.8 Å². The van der Waals surface area contributed by atoms with Crippen molar-refractivity contribution in [3.8, 4) is 11.6 Å². The molecule has 3 aromatic heterocycles. The monoisotopic (exact) mass is 330 g/mol. The molecule has 3 rings (SSSR count). The van der Waals surface area contributed by atoms with E-state index in [4.69, 9.17) is 4.74 Å². The van der Waals surface area contributed by atoms with Gasteiger partial charge < -0.3 is 4.74 Å². The topological polar surface area (TPSA) is 70.7 Å². The number of pyridine rings is 1. The Balaban J connectivity index is 1.66. The van der Waals surface area contributed by atoms with Gasteiger partial charge in [-0.15, -0.1) is 10.2 Å². The number of rotatable bonds is 7. The third-order valence-electron chi connectivity index (χ3n) is 3.42. The average Bonchev–Trinajstić information content (AvgIpc) is 3.24. The van der Waals surface area contributed by atoms with Crippen molar-refractivity contribution in [3.05, 3.63) is 42.6 Å². The first-order valence-electron chi connectivity index (χ1n) is 7.35. The molecule has 3 heterocycles. The Morgan fingerprint density at radius 3 is 2.91 bits per heavy atom. The van der Waals surface area contributed by atoms with Crippen molar-refractivity contribution < 1.29 is 4.74 Å². The van der Waals surface area contributed by atoms with Crippen molar-refractivity contribution in [1.82, 2.24) is 29.5 Å². The van der Waals surface area contributed by atoms with Crippen molar-refractivity contribution in [2.24, 2.45) is 0 Å². The number of methoxy groups -OCH3 is 1. The zero-order chi connectivity index (χ0) is 16.1. The van der Waals surface area contributed by atoms with Crippen LogP contribution in [0.4, 0.5) is 0 Å². The molecule has 0 N–H and O–H groups in total. The fraction of sp³-hybridized carbons (Fsp3) is 0.333. The summed E-state index contributed by atoms with van der Waals surface area (Å²) in [5.41, 5.74) is 2.15. The van der Waals surface area contributed by atoms with E-state index in [0.29, 0.717) is 5.88 Å². The average molecular weight is 330 g/mol. The maximum absolute atomic E-state index is 5.08. The molecule has 7 nitrogen and oxygen atoms in total. The Morgan fingerprint density at radius 1 is 1.26 bits per heavy atom. The first kappa shape index (κ1) is 15.5. The zero-order valence-electron chi connectivity index (χ0n) is 13.1. The number of nitrogens with zero attached hydrogens (tertiary/aromatic N) is 6. The molecule has 0 aliphatic heterocycles. The van der Waals surface area contributed by atoms with Crippen LogP contribution in [0.5, 0.6) is 5.88 Å². The van der Waals surface area contributed by atoms with Gasteiger partial charge in [0.05, 0.1) is 19.0 Å². The van der Waals surface area contributed by atoms with Crippen LogP contribution in [0.2, 0.25) is 0 Å². The van der Waals surface area contributed by atoms with Gasteiger partial charge in [0.2, 0.25) is 5.88 Å². The van der Waals surface area contributed by atoms with Crippen molar-refractivity contribution in [2.45, 2.75) is 25.0 Å². The number of aryl methyl sites for hydroxylation is 2. The summed E-state index contributed by atoms with van der Waals surface area (Å²) in [7, 11) is 1.60. The lowest BCUT2D eigenvalue weighted by Gasteiger charge is -2.07. The molecule has 0 saturated carbocycles. The lowest BCUT2D eigenvalue weighted by atomic mass is 10.3. The second-order valence-electron chi connectivity index (χ2n) is 4.78. The second-order valence-corrected chi connectivity index (χ2v) is 5.84. The normalized spacial score (nSPS) is 10.9. The van der Waals surface area contributed by atoms with E-state index in [1.54, 1.807) is 31.4 Å². The molecular formula is C15H18N6OS. The first-order valence-corrected chi connectivity index (χ1v) is 8.34. The molecule has 8 heteroatoms. The van der Waals surface area contributed by atoms with Crippen molar-refractivity contribution in [2.75, 3.05) is 12.9 Å². The molecule has 0 unspecified atom stereocenters. The minimum atomic E-state index is 0.587. The van der Waals surface area contributed by atoms with Gasteiger partial charge in [0.15, 0.2) is 5.16 Å². The maximum atomic E-state index is 5.08. The fourth-order valence-electron chi connectivity index (χ4n) is 2.24. The molecule has 23 heavy (non-hydrogen) atoms. The van der Waals surface area contributed by atoms with Crippen LogP contribution in [0, 0.1) is 0 Å². The summed E-state index contributed by atoms with van der Waals surface area (Å²) in [6, 6.07) is 5.82. The first-order chi connectivity index (χ1) is 11.3. The standard InChI is InChI=1S/C15H18N6OS/c1-3-21-12(6-8-18-21)7-9-23-15-19-17-11-20(15)13-4-5-14(22-2)16-10-13/h4-6,8,10-11H,3,7,9H2,1-2H3. The summed E-state index contributed by atoms with van der Waals surface area (Å²) >= 11 is 1.67. The number of hydrogen-bond acceptors (Lipinski definition) is 6. The molecule has 3 aromatic rings. The summed E-state index contributed by atoms with van der Waals surface area (Å²) in [6.07, 6.45) is 6.22. The van der Waals surface area contributed by atoms with Crippen LogP contribution in [-0.4, -0.2) is 42.4 Å². The highest BCUT2D eigenvalue weighted by Crippen LogP contribution is 2.21. The molecule has 0 radical (unpaired) electrons. The Labute approximate surface area is 138 Å². The minimum Gasteiger partial charge on any atom is -0.481 e. The molecule has 0 aliphatic carbocycles. The van der Waals surface area contributed by atoms with Gasteiger partial charge in [0.25, 0.3) is 0 Å². The molecule has 0 fully saturated rings. The van der Waals surface area contributed by atoms with Crippen LogP contribution in [0.1, 0.15) is 12.6 Å². The predicted octanol–water partition coefficient (Wildman–Crippen LogP) is 2.22. The van der Waals surface area contributed by atoms with Crippen LogP contribution >= 0.6 is 11.8 Å². The molecule has 120 valence electrons. The van der Waals surface area contributed by atoms with Crippen molar-refractivity contribution >= 4 is 11.8 Å². The highest BCUT2D eigenvalue weighted by Gasteiger charge is 2.09. The third-order valence-corrected chi connectivity index (χ3v) is 4.36. The lowest BCUT2D eigenvalue weighted by molar-refractivity contribution is 0.397. The highest BCUT2D eigenvalue weighted by molar-refractivity contribution is 7.99. The van der Waals surface area contributed by atoms with E-state index < -0.39 is 0 Å². The second kappa shape index (κ2) is 7.28. The van der Waals surface area contributed by atoms with Gasteiger partial charge in [0.1, 0.15) is 6.33 Å². The van der Waals surface area contributed by atoms with E-state index in [1.165, 1.54) is 5.69 Å². The summed E-state index contributed by atoms with van der Waals surface area (Å²) in [5.74, 6) is 1.50. The quantitative estimate of drug-likeness (QED) is 0.619. The van der Waals surface area contributed by atoms with E-state index in [0.717, 1.165) is 29.6 Å². The molecule has 0 aromatic carbocycles. The third kappa shape index (κ3) is 3.53. The van der Waals surface area contributed by atoms with Crippen LogP contribution < -0.4 is 4.74 Å². The van der Waals surface area contributed by atoms with Crippen molar-refractivity contribution in [1.29, 1.82) is 0 Å². The lowest BCUT2D eigenvalue weighted by Crippen LogP contribution is -2.04. The van der Waals surface area contributed by atoms with Gasteiger partial charge in [-0.3, -0.25) is 9.25 Å². The summed E-state index contributed by atoms with van der Waals surface area (Å²) in [5, 5.41) is 13.3. The van der Waals surface area contributed by atoms with Crippen molar-refractivity contribution in [3.63, 3.8) is 0 Å². The van der Waals surface area contributed by atoms with Gasteiger partial charge in [0, 0.05) is 30.3 Å². The van der Waals surface area contributed by atoms with E-state index in [-0.39, 0.29) is 0 Å². The highest BCUT2D eigenvalue weighted by atomic mass is 32.2. The van der Waals surface area contributed by atoms with Crippen LogP contribution in [0.3, 0.4) is 0 Å². The Kier molecular flexibility index (Phi) is 4.92. The van der Waals surface area contributed by atoms with Gasteiger partial charge in [-0.2, -0.15) is 5.10 Å². The van der Waals surface area contributed by atoms with Gasteiger partial charge in [-0.05, 0) is 25.5 Å². The fourth-order valence-corrected chi connectivity index (χ4v) is 3.13. The number of ether oxygens (including phenoxy) is 1. The predicted molar refractivity (Wildman–Crippen MR) is 88.0 cm³/mol. The summed E-state index contributed by atoms with van der Waals surface area (Å²) in [4.78, 5) is 4.22. The Hall–Kier alpha value is -2.35. The minimum absolute atomic E-state index is 0.587. The van der Waals surface area contributed by atoms with Gasteiger partial charge >= 0.3 is 0 Å². The smallest absolute Gasteiger partial charge is 0.213 e. The molecule has 0 atom stereocenters. The molecular weight excluding hydrogens is 312 g/mol. The largest absolute Gasteiger partial charge is 0.481 e. The van der Waals surface area contributed by atoms with Crippen LogP contribution in [0.25, 0.3) is 5.69 Å². The number of hydrogen-bond donors (Lipinski definition) is 0. The molecule has 0 bridgehead atoms. The van der Waals surface area contributed by atoms with Crippen LogP contribution in [-0.2, 0) is 13.0 Å². The van der Waals surface area contributed by atoms with E-state index in [9.17, 15) is 0 Å². The summed E-state index contributed by atoms with van der Waals surface area (Å²) in [6.45, 7) is 2.98. The van der Waals surface area contributed by atoms with E-state index >= 15 is 0 Å². The Morgan fingerprint density at radius 2 is 2.17 bits per heavy atom. The Bertz CT molecular complexity index is 751. The van der Waals surface area contributed by atoms with Crippen LogP contribution in [0.15, 0.2) is 42.1 Å². The van der Waals surface area contributed by atoms with E-state index in [1.807, 2.05) is 27.6 Å². The molecule has 0 amide bonds. The number of thioether (sulfide) groups is 1. The van der Waals surface area contributed by atoms with E-state index in [2.05, 4.69) is 33.3 Å². The zero-order valence-corrected chi connectivity index (χ0v) is 13.9. The molecule has 0 saturated heterocycles. The van der Waals surface area contributed by atoms with Gasteiger partial charge in [-0.25, -0.2) is 4.98 Å². The maximum Gasteiger partial charge on any atom is 0.213 e. The number of aromatic nitrogens is 6.